The van der Waals surface area contributed by atoms with Gasteiger partial charge in [-0.05, 0) is 50.3 Å². The van der Waals surface area contributed by atoms with Gasteiger partial charge >= 0.3 is 0 Å². The Bertz CT molecular complexity index is 1100. The predicted octanol–water partition coefficient (Wildman–Crippen LogP) is 7.77. The fourth-order valence-corrected chi connectivity index (χ4v) is 3.21. The first-order chi connectivity index (χ1) is 14.3. The third kappa shape index (κ3) is 6.31. The van der Waals surface area contributed by atoms with Crippen LogP contribution in [0, 0.1) is 11.3 Å². The van der Waals surface area contributed by atoms with E-state index >= 15 is 0 Å². The van der Waals surface area contributed by atoms with Gasteiger partial charge in [0.25, 0.3) is 0 Å². The molecule has 0 aliphatic rings. The molecule has 0 fully saturated rings. The van der Waals surface area contributed by atoms with Gasteiger partial charge in [-0.25, -0.2) is 0 Å². The lowest BCUT2D eigenvalue weighted by Gasteiger charge is -2.04. The van der Waals surface area contributed by atoms with Crippen molar-refractivity contribution in [2.24, 2.45) is 0 Å². The largest absolute Gasteiger partial charge is 0.192 e. The van der Waals surface area contributed by atoms with Crippen molar-refractivity contribution in [3.8, 4) is 6.07 Å². The average Bonchev–Trinajstić information content (AvgIpc) is 2.76. The molecule has 1 nitrogen and oxygen atoms in total. The van der Waals surface area contributed by atoms with Crippen molar-refractivity contribution in [2.75, 3.05) is 0 Å². The quantitative estimate of drug-likeness (QED) is 0.361. The first-order valence-corrected chi connectivity index (χ1v) is 10.1. The van der Waals surface area contributed by atoms with Gasteiger partial charge in [-0.3, -0.25) is 0 Å². The van der Waals surface area contributed by atoms with Gasteiger partial charge in [0.1, 0.15) is 6.07 Å². The monoisotopic (exact) mass is 437 g/mol. The molecular formula is C27H20BrN. The molecule has 0 atom stereocenters. The van der Waals surface area contributed by atoms with Gasteiger partial charge in [-0.1, -0.05) is 109 Å². The molecule has 3 aromatic carbocycles. The highest BCUT2D eigenvalue weighted by atomic mass is 79.9. The molecule has 3 aromatic rings. The Kier molecular flexibility index (Phi) is 7.57. The molecular weight excluding hydrogens is 418 g/mol. The van der Waals surface area contributed by atoms with Gasteiger partial charge in [0.2, 0.25) is 0 Å². The van der Waals surface area contributed by atoms with Crippen molar-refractivity contribution < 1.29 is 0 Å². The lowest BCUT2D eigenvalue weighted by molar-refractivity contribution is 1.45. The highest BCUT2D eigenvalue weighted by Gasteiger charge is 2.04. The van der Waals surface area contributed by atoms with E-state index in [2.05, 4.69) is 58.4 Å². The fraction of sp³-hybridized carbons (Fsp3) is 0. The molecule has 3 rings (SSSR count). The summed E-state index contributed by atoms with van der Waals surface area (Å²) in [7, 11) is 0. The molecule has 0 bridgehead atoms. The second kappa shape index (κ2) is 10.8. The van der Waals surface area contributed by atoms with Crippen molar-refractivity contribution in [1.29, 1.82) is 5.26 Å². The van der Waals surface area contributed by atoms with Crippen LogP contribution in [-0.4, -0.2) is 0 Å². The molecule has 0 spiro atoms. The van der Waals surface area contributed by atoms with Crippen molar-refractivity contribution in [3.05, 3.63) is 129 Å². The zero-order valence-electron chi connectivity index (χ0n) is 15.9. The van der Waals surface area contributed by atoms with Gasteiger partial charge in [-0.15, -0.1) is 0 Å². The molecule has 0 heterocycles. The molecule has 0 saturated heterocycles. The highest BCUT2D eigenvalue weighted by molar-refractivity contribution is 9.10. The minimum Gasteiger partial charge on any atom is -0.192 e. The molecule has 0 aliphatic carbocycles. The second-order valence-electron chi connectivity index (χ2n) is 6.33. The van der Waals surface area contributed by atoms with Gasteiger partial charge in [-0.2, -0.15) is 5.26 Å². The number of hydrogen-bond donors (Lipinski definition) is 0. The number of benzene rings is 3. The summed E-state index contributed by atoms with van der Waals surface area (Å²) in [5.41, 5.74) is 4.96. The highest BCUT2D eigenvalue weighted by Crippen LogP contribution is 2.24. The third-order valence-electron chi connectivity index (χ3n) is 4.24. The van der Waals surface area contributed by atoms with E-state index in [1.807, 2.05) is 85.0 Å². The molecule has 0 N–H and O–H groups in total. The minimum atomic E-state index is 0.619. The van der Waals surface area contributed by atoms with E-state index in [-0.39, 0.29) is 0 Å². The van der Waals surface area contributed by atoms with E-state index in [4.69, 9.17) is 0 Å². The smallest absolute Gasteiger partial charge is 0.100 e. The number of halogens is 1. The van der Waals surface area contributed by atoms with Crippen LogP contribution in [0.25, 0.3) is 24.3 Å². The predicted molar refractivity (Wildman–Crippen MR) is 128 cm³/mol. The standard InChI is InChI=1S/C27H20BrN/c28-27-20-25(18-10-8-16-23-13-5-2-6-14-23)24(19-26(27)21-29)17-9-7-15-22-11-3-1-4-12-22/h1-20H/b15-7+,16-8-,17-9+,18-10+. The first kappa shape index (κ1) is 20.3. The molecule has 0 amide bonds. The van der Waals surface area contributed by atoms with Crippen LogP contribution in [0.4, 0.5) is 0 Å². The van der Waals surface area contributed by atoms with Crippen molar-refractivity contribution >= 4 is 40.2 Å². The summed E-state index contributed by atoms with van der Waals surface area (Å²) >= 11 is 3.49. The molecule has 2 heteroatoms. The third-order valence-corrected chi connectivity index (χ3v) is 4.90. The summed E-state index contributed by atoms with van der Waals surface area (Å²) in [6.07, 6.45) is 16.2. The summed E-state index contributed by atoms with van der Waals surface area (Å²) in [4.78, 5) is 0. The maximum absolute atomic E-state index is 9.35. The van der Waals surface area contributed by atoms with E-state index in [0.717, 1.165) is 26.7 Å². The Morgan fingerprint density at radius 3 is 1.55 bits per heavy atom. The lowest BCUT2D eigenvalue weighted by Crippen LogP contribution is -1.86. The molecule has 0 aromatic heterocycles. The number of nitriles is 1. The van der Waals surface area contributed by atoms with Crippen molar-refractivity contribution in [3.63, 3.8) is 0 Å². The summed E-state index contributed by atoms with van der Waals surface area (Å²) in [5, 5.41) is 9.35. The van der Waals surface area contributed by atoms with Gasteiger partial charge < -0.3 is 0 Å². The minimum absolute atomic E-state index is 0.619. The molecule has 29 heavy (non-hydrogen) atoms. The summed E-state index contributed by atoms with van der Waals surface area (Å²) < 4.78 is 0.795. The Balaban J connectivity index is 1.80. The van der Waals surface area contributed by atoms with Crippen LogP contribution < -0.4 is 0 Å². The zero-order chi connectivity index (χ0) is 20.3. The topological polar surface area (TPSA) is 23.8 Å². The van der Waals surface area contributed by atoms with Crippen LogP contribution in [0.5, 0.6) is 0 Å². The van der Waals surface area contributed by atoms with E-state index in [1.165, 1.54) is 0 Å². The van der Waals surface area contributed by atoms with E-state index in [1.54, 1.807) is 0 Å². The van der Waals surface area contributed by atoms with Crippen LogP contribution >= 0.6 is 15.9 Å². The Morgan fingerprint density at radius 2 is 1.07 bits per heavy atom. The Morgan fingerprint density at radius 1 is 0.621 bits per heavy atom. The zero-order valence-corrected chi connectivity index (χ0v) is 17.5. The second-order valence-corrected chi connectivity index (χ2v) is 7.18. The fourth-order valence-electron chi connectivity index (χ4n) is 2.76. The molecule has 0 aliphatic heterocycles. The van der Waals surface area contributed by atoms with Crippen LogP contribution in [0.15, 0.2) is 102 Å². The van der Waals surface area contributed by atoms with Crippen LogP contribution in [0.3, 0.4) is 0 Å². The Hall–Kier alpha value is -3.41. The van der Waals surface area contributed by atoms with Crippen molar-refractivity contribution in [1.82, 2.24) is 0 Å². The average molecular weight is 438 g/mol. The summed E-state index contributed by atoms with van der Waals surface area (Å²) in [6.45, 7) is 0. The van der Waals surface area contributed by atoms with E-state index < -0.39 is 0 Å². The summed E-state index contributed by atoms with van der Waals surface area (Å²) in [5.74, 6) is 0. The normalized spacial score (nSPS) is 11.7. The number of allylic oxidation sites excluding steroid dienone is 4. The van der Waals surface area contributed by atoms with Gasteiger partial charge in [0.15, 0.2) is 0 Å². The van der Waals surface area contributed by atoms with Gasteiger partial charge in [0.05, 0.1) is 5.56 Å². The van der Waals surface area contributed by atoms with Crippen LogP contribution in [-0.2, 0) is 0 Å². The lowest BCUT2D eigenvalue weighted by atomic mass is 10.0. The molecule has 0 saturated carbocycles. The molecule has 140 valence electrons. The maximum atomic E-state index is 9.35. The summed E-state index contributed by atoms with van der Waals surface area (Å²) in [6, 6.07) is 26.4. The van der Waals surface area contributed by atoms with Crippen molar-refractivity contribution in [2.45, 2.75) is 0 Å². The first-order valence-electron chi connectivity index (χ1n) is 9.29. The SMILES string of the molecule is N#Cc1cc(/C=C/C=C/c2ccccc2)c(/C=C/C=C\c2ccccc2)cc1Br. The maximum Gasteiger partial charge on any atom is 0.100 e. The number of nitrogens with zero attached hydrogens (tertiary/aromatic N) is 1. The molecule has 0 radical (unpaired) electrons. The van der Waals surface area contributed by atoms with Crippen LogP contribution in [0.2, 0.25) is 0 Å². The van der Waals surface area contributed by atoms with E-state index in [9.17, 15) is 5.26 Å². The van der Waals surface area contributed by atoms with Gasteiger partial charge in [0, 0.05) is 4.47 Å². The van der Waals surface area contributed by atoms with Crippen LogP contribution in [0.1, 0.15) is 27.8 Å². The number of rotatable bonds is 6. The Labute approximate surface area is 180 Å². The molecule has 0 unspecified atom stereocenters. The van der Waals surface area contributed by atoms with E-state index in [0.29, 0.717) is 5.56 Å². The number of hydrogen-bond acceptors (Lipinski definition) is 1.